The summed E-state index contributed by atoms with van der Waals surface area (Å²) >= 11 is 5.48. The summed E-state index contributed by atoms with van der Waals surface area (Å²) in [5.41, 5.74) is 0. The van der Waals surface area contributed by atoms with Crippen molar-refractivity contribution in [2.45, 2.75) is 20.3 Å². The van der Waals surface area contributed by atoms with E-state index in [1.54, 1.807) is 0 Å². The van der Waals surface area contributed by atoms with Crippen molar-refractivity contribution in [3.8, 4) is 0 Å². The molecule has 4 heteroatoms. The summed E-state index contributed by atoms with van der Waals surface area (Å²) in [7, 11) is 0. The Bertz CT molecular complexity index is 209. The van der Waals surface area contributed by atoms with Crippen LogP contribution in [-0.2, 0) is 9.53 Å². The molecule has 1 amide bonds. The lowest BCUT2D eigenvalue weighted by Gasteiger charge is -2.17. The molecule has 0 saturated carbocycles. The predicted octanol–water partition coefficient (Wildman–Crippen LogP) is 1.75. The Morgan fingerprint density at radius 3 is 2.80 bits per heavy atom. The maximum atomic E-state index is 11.6. The number of carbonyl (C=O) groups excluding carboxylic acids is 1. The molecule has 0 aromatic rings. The molecule has 0 aliphatic carbocycles. The minimum absolute atomic E-state index is 0.267. The van der Waals surface area contributed by atoms with Crippen LogP contribution in [0.2, 0.25) is 0 Å². The molecular weight excluding hydrogens is 214 g/mol. The molecule has 15 heavy (non-hydrogen) atoms. The molecule has 0 aromatic carbocycles. The molecule has 1 fully saturated rings. The van der Waals surface area contributed by atoms with E-state index in [0.29, 0.717) is 43.9 Å². The van der Waals surface area contributed by atoms with Gasteiger partial charge in [0.15, 0.2) is 0 Å². The molecule has 1 rings (SSSR count). The van der Waals surface area contributed by atoms with E-state index in [0.717, 1.165) is 6.54 Å². The first-order chi connectivity index (χ1) is 7.15. The first-order valence-corrected chi connectivity index (χ1v) is 6.10. The van der Waals surface area contributed by atoms with E-state index in [-0.39, 0.29) is 5.91 Å². The van der Waals surface area contributed by atoms with Gasteiger partial charge in [-0.05, 0) is 11.8 Å². The van der Waals surface area contributed by atoms with E-state index in [2.05, 4.69) is 13.8 Å². The fraction of sp³-hybridized carbons (Fsp3) is 0.909. The molecule has 0 N–H and O–H groups in total. The molecule has 1 unspecified atom stereocenters. The maximum absolute atomic E-state index is 11.6. The van der Waals surface area contributed by atoms with Gasteiger partial charge in [-0.25, -0.2) is 0 Å². The molecule has 0 bridgehead atoms. The van der Waals surface area contributed by atoms with E-state index in [4.69, 9.17) is 16.3 Å². The van der Waals surface area contributed by atoms with Gasteiger partial charge >= 0.3 is 0 Å². The monoisotopic (exact) mass is 233 g/mol. The van der Waals surface area contributed by atoms with Gasteiger partial charge in [-0.2, -0.15) is 0 Å². The van der Waals surface area contributed by atoms with Crippen LogP contribution < -0.4 is 0 Å². The minimum Gasteiger partial charge on any atom is -0.378 e. The second-order valence-electron chi connectivity index (χ2n) is 4.35. The molecular formula is C11H20ClNO2. The normalized spacial score (nSPS) is 21.7. The molecule has 1 aliphatic heterocycles. The van der Waals surface area contributed by atoms with Crippen molar-refractivity contribution in [1.82, 2.24) is 4.90 Å². The van der Waals surface area contributed by atoms with Gasteiger partial charge in [0.1, 0.15) is 0 Å². The Balaban J connectivity index is 2.22. The van der Waals surface area contributed by atoms with E-state index >= 15 is 0 Å². The number of rotatable bonds is 6. The quantitative estimate of drug-likeness (QED) is 0.517. The number of nitrogens with zero attached hydrogens (tertiary/aromatic N) is 1. The number of hydrogen-bond acceptors (Lipinski definition) is 2. The van der Waals surface area contributed by atoms with Gasteiger partial charge in [0.05, 0.1) is 13.2 Å². The molecule has 3 nitrogen and oxygen atoms in total. The zero-order valence-electron chi connectivity index (χ0n) is 9.54. The average Bonchev–Trinajstić information content (AvgIpc) is 2.55. The van der Waals surface area contributed by atoms with Crippen molar-refractivity contribution in [3.05, 3.63) is 0 Å². The molecule has 0 aromatic heterocycles. The molecule has 0 spiro atoms. The Labute approximate surface area is 96.7 Å². The summed E-state index contributed by atoms with van der Waals surface area (Å²) < 4.78 is 5.26. The van der Waals surface area contributed by atoms with E-state index in [9.17, 15) is 4.79 Å². The SMILES string of the molecule is CC(C)C1CC(=O)N(CCOCCCl)C1. The zero-order chi connectivity index (χ0) is 11.3. The highest BCUT2D eigenvalue weighted by atomic mass is 35.5. The third kappa shape index (κ3) is 3.99. The highest BCUT2D eigenvalue weighted by molar-refractivity contribution is 6.17. The van der Waals surface area contributed by atoms with Crippen LogP contribution in [0, 0.1) is 11.8 Å². The van der Waals surface area contributed by atoms with Crippen molar-refractivity contribution in [3.63, 3.8) is 0 Å². The topological polar surface area (TPSA) is 29.5 Å². The molecule has 1 heterocycles. The van der Waals surface area contributed by atoms with Crippen molar-refractivity contribution in [2.24, 2.45) is 11.8 Å². The van der Waals surface area contributed by atoms with Crippen LogP contribution in [0.4, 0.5) is 0 Å². The third-order valence-corrected chi connectivity index (χ3v) is 3.07. The van der Waals surface area contributed by atoms with E-state index in [1.165, 1.54) is 0 Å². The molecule has 1 atom stereocenters. The number of halogens is 1. The highest BCUT2D eigenvalue weighted by Crippen LogP contribution is 2.24. The van der Waals surface area contributed by atoms with Gasteiger partial charge in [-0.1, -0.05) is 13.8 Å². The van der Waals surface area contributed by atoms with Gasteiger partial charge in [0, 0.05) is 25.4 Å². The molecule has 1 aliphatic rings. The Hall–Kier alpha value is -0.280. The lowest BCUT2D eigenvalue weighted by atomic mass is 9.95. The molecule has 1 saturated heterocycles. The van der Waals surface area contributed by atoms with Crippen LogP contribution in [0.3, 0.4) is 0 Å². The number of alkyl halides is 1. The van der Waals surface area contributed by atoms with Crippen LogP contribution in [-0.4, -0.2) is 43.0 Å². The van der Waals surface area contributed by atoms with Gasteiger partial charge < -0.3 is 9.64 Å². The number of likely N-dealkylation sites (tertiary alicyclic amines) is 1. The lowest BCUT2D eigenvalue weighted by molar-refractivity contribution is -0.128. The number of amides is 1. The molecule has 88 valence electrons. The second-order valence-corrected chi connectivity index (χ2v) is 4.73. The Morgan fingerprint density at radius 1 is 1.53 bits per heavy atom. The average molecular weight is 234 g/mol. The van der Waals surface area contributed by atoms with E-state index < -0.39 is 0 Å². The fourth-order valence-electron chi connectivity index (χ4n) is 1.80. The maximum Gasteiger partial charge on any atom is 0.223 e. The summed E-state index contributed by atoms with van der Waals surface area (Å²) in [5.74, 6) is 1.89. The summed E-state index contributed by atoms with van der Waals surface area (Å²) in [4.78, 5) is 13.5. The summed E-state index contributed by atoms with van der Waals surface area (Å²) in [6.07, 6.45) is 0.702. The first kappa shape index (κ1) is 12.8. The van der Waals surface area contributed by atoms with Gasteiger partial charge in [0.2, 0.25) is 5.91 Å². The van der Waals surface area contributed by atoms with Crippen LogP contribution in [0.15, 0.2) is 0 Å². The zero-order valence-corrected chi connectivity index (χ0v) is 10.3. The fourth-order valence-corrected chi connectivity index (χ4v) is 1.91. The Kier molecular flexibility index (Phi) is 5.40. The molecule has 0 radical (unpaired) electrons. The van der Waals surface area contributed by atoms with Gasteiger partial charge in [0.25, 0.3) is 0 Å². The van der Waals surface area contributed by atoms with Crippen LogP contribution >= 0.6 is 11.6 Å². The third-order valence-electron chi connectivity index (χ3n) is 2.91. The smallest absolute Gasteiger partial charge is 0.223 e. The largest absolute Gasteiger partial charge is 0.378 e. The minimum atomic E-state index is 0.267. The van der Waals surface area contributed by atoms with Gasteiger partial charge in [-0.15, -0.1) is 11.6 Å². The lowest BCUT2D eigenvalue weighted by Crippen LogP contribution is -2.29. The predicted molar refractivity (Wildman–Crippen MR) is 61.1 cm³/mol. The second kappa shape index (κ2) is 6.33. The summed E-state index contributed by atoms with van der Waals surface area (Å²) in [6, 6.07) is 0. The number of ether oxygens (including phenoxy) is 1. The highest BCUT2D eigenvalue weighted by Gasteiger charge is 2.30. The van der Waals surface area contributed by atoms with Gasteiger partial charge in [-0.3, -0.25) is 4.79 Å². The first-order valence-electron chi connectivity index (χ1n) is 5.56. The van der Waals surface area contributed by atoms with Crippen LogP contribution in [0.5, 0.6) is 0 Å². The van der Waals surface area contributed by atoms with Crippen LogP contribution in [0.25, 0.3) is 0 Å². The summed E-state index contributed by atoms with van der Waals surface area (Å²) in [5, 5.41) is 0. The number of carbonyl (C=O) groups is 1. The summed E-state index contributed by atoms with van der Waals surface area (Å²) in [6.45, 7) is 7.11. The van der Waals surface area contributed by atoms with Crippen molar-refractivity contribution in [2.75, 3.05) is 32.2 Å². The Morgan fingerprint density at radius 2 is 2.27 bits per heavy atom. The van der Waals surface area contributed by atoms with Crippen molar-refractivity contribution < 1.29 is 9.53 Å². The standard InChI is InChI=1S/C11H20ClNO2/c1-9(2)10-7-11(14)13(8-10)4-6-15-5-3-12/h9-10H,3-8H2,1-2H3. The number of hydrogen-bond donors (Lipinski definition) is 0. The van der Waals surface area contributed by atoms with Crippen molar-refractivity contribution in [1.29, 1.82) is 0 Å². The van der Waals surface area contributed by atoms with Crippen molar-refractivity contribution >= 4 is 17.5 Å². The van der Waals surface area contributed by atoms with Crippen LogP contribution in [0.1, 0.15) is 20.3 Å². The van der Waals surface area contributed by atoms with E-state index in [1.807, 2.05) is 4.90 Å².